The average molecular weight is 259 g/mol. The Bertz CT molecular complexity index is 585. The zero-order valence-electron chi connectivity index (χ0n) is 11.0. The summed E-state index contributed by atoms with van der Waals surface area (Å²) in [6.07, 6.45) is 0.320. The number of fused-ring (bicyclic) bond motifs is 1. The fraction of sp³-hybridized carbons (Fsp3) is 0.429. The van der Waals surface area contributed by atoms with Crippen molar-refractivity contribution < 1.29 is 9.32 Å². The third kappa shape index (κ3) is 2.46. The standard InChI is InChI=1S/C14H17N3O2/c1-16-6-8-17(9-7-16)14(18)10-12-11-4-2-3-5-13(11)19-15-12/h2-5H,6-10H2,1H3. The van der Waals surface area contributed by atoms with Crippen LogP contribution in [0.25, 0.3) is 11.0 Å². The highest BCUT2D eigenvalue weighted by Gasteiger charge is 2.21. The second kappa shape index (κ2) is 5.01. The van der Waals surface area contributed by atoms with Crippen LogP contribution >= 0.6 is 0 Å². The van der Waals surface area contributed by atoms with Crippen LogP contribution < -0.4 is 0 Å². The number of para-hydroxylation sites is 1. The molecule has 1 amide bonds. The van der Waals surface area contributed by atoms with E-state index in [2.05, 4.69) is 17.1 Å². The van der Waals surface area contributed by atoms with Gasteiger partial charge in [-0.1, -0.05) is 17.3 Å². The van der Waals surface area contributed by atoms with Crippen LogP contribution in [0.2, 0.25) is 0 Å². The first kappa shape index (κ1) is 12.2. The molecule has 0 saturated carbocycles. The molecule has 2 heterocycles. The predicted octanol–water partition coefficient (Wildman–Crippen LogP) is 1.14. The molecule has 0 radical (unpaired) electrons. The maximum atomic E-state index is 12.2. The molecule has 0 aliphatic carbocycles. The van der Waals surface area contributed by atoms with Crippen LogP contribution in [-0.2, 0) is 11.2 Å². The molecule has 1 aromatic carbocycles. The van der Waals surface area contributed by atoms with Crippen molar-refractivity contribution in [3.8, 4) is 0 Å². The van der Waals surface area contributed by atoms with E-state index in [1.807, 2.05) is 29.2 Å². The van der Waals surface area contributed by atoms with Crippen molar-refractivity contribution in [2.45, 2.75) is 6.42 Å². The number of rotatable bonds is 2. The van der Waals surface area contributed by atoms with Crippen molar-refractivity contribution in [2.24, 2.45) is 0 Å². The number of hydrogen-bond acceptors (Lipinski definition) is 4. The highest BCUT2D eigenvalue weighted by atomic mass is 16.5. The smallest absolute Gasteiger partial charge is 0.228 e. The predicted molar refractivity (Wildman–Crippen MR) is 71.8 cm³/mol. The van der Waals surface area contributed by atoms with Gasteiger partial charge in [0.25, 0.3) is 0 Å². The Morgan fingerprint density at radius 3 is 2.79 bits per heavy atom. The maximum absolute atomic E-state index is 12.2. The second-order valence-corrected chi connectivity index (χ2v) is 4.99. The lowest BCUT2D eigenvalue weighted by atomic mass is 10.1. The number of nitrogens with zero attached hydrogens (tertiary/aromatic N) is 3. The van der Waals surface area contributed by atoms with E-state index in [4.69, 9.17) is 4.52 Å². The Kier molecular flexibility index (Phi) is 3.21. The number of amides is 1. The van der Waals surface area contributed by atoms with Crippen LogP contribution in [0.1, 0.15) is 5.69 Å². The first-order valence-electron chi connectivity index (χ1n) is 6.53. The van der Waals surface area contributed by atoms with Gasteiger partial charge in [-0.25, -0.2) is 0 Å². The minimum absolute atomic E-state index is 0.132. The van der Waals surface area contributed by atoms with Crippen LogP contribution in [0.3, 0.4) is 0 Å². The first-order valence-corrected chi connectivity index (χ1v) is 6.53. The van der Waals surface area contributed by atoms with Crippen molar-refractivity contribution >= 4 is 16.9 Å². The van der Waals surface area contributed by atoms with E-state index in [0.29, 0.717) is 6.42 Å². The quantitative estimate of drug-likeness (QED) is 0.811. The summed E-state index contributed by atoms with van der Waals surface area (Å²) in [5.74, 6) is 0.132. The van der Waals surface area contributed by atoms with E-state index in [0.717, 1.165) is 42.8 Å². The van der Waals surface area contributed by atoms with E-state index in [1.165, 1.54) is 0 Å². The zero-order chi connectivity index (χ0) is 13.2. The van der Waals surface area contributed by atoms with Gasteiger partial charge in [0.05, 0.1) is 6.42 Å². The molecule has 100 valence electrons. The summed E-state index contributed by atoms with van der Waals surface area (Å²) < 4.78 is 5.23. The van der Waals surface area contributed by atoms with Crippen molar-refractivity contribution in [3.63, 3.8) is 0 Å². The lowest BCUT2D eigenvalue weighted by Gasteiger charge is -2.32. The monoisotopic (exact) mass is 259 g/mol. The molecule has 2 aromatic rings. The summed E-state index contributed by atoms with van der Waals surface area (Å²) in [5, 5.41) is 4.95. The van der Waals surface area contributed by atoms with E-state index in [-0.39, 0.29) is 5.91 Å². The number of carbonyl (C=O) groups is 1. The van der Waals surface area contributed by atoms with Gasteiger partial charge in [0.1, 0.15) is 5.69 Å². The summed E-state index contributed by atoms with van der Waals surface area (Å²) in [5.41, 5.74) is 1.48. The Morgan fingerprint density at radius 2 is 2.00 bits per heavy atom. The van der Waals surface area contributed by atoms with E-state index in [9.17, 15) is 4.79 Å². The van der Waals surface area contributed by atoms with E-state index in [1.54, 1.807) is 0 Å². The van der Waals surface area contributed by atoms with Gasteiger partial charge >= 0.3 is 0 Å². The normalized spacial score (nSPS) is 17.0. The van der Waals surface area contributed by atoms with Crippen molar-refractivity contribution in [3.05, 3.63) is 30.0 Å². The summed E-state index contributed by atoms with van der Waals surface area (Å²) in [6, 6.07) is 7.65. The zero-order valence-corrected chi connectivity index (χ0v) is 11.0. The molecule has 3 rings (SSSR count). The number of piperazine rings is 1. The highest BCUT2D eigenvalue weighted by Crippen LogP contribution is 2.18. The minimum atomic E-state index is 0.132. The van der Waals surface area contributed by atoms with Gasteiger partial charge in [0.15, 0.2) is 5.58 Å². The summed E-state index contributed by atoms with van der Waals surface area (Å²) in [6.45, 7) is 3.47. The molecule has 0 bridgehead atoms. The fourth-order valence-corrected chi connectivity index (χ4v) is 2.38. The van der Waals surface area contributed by atoms with Crippen LogP contribution in [0.5, 0.6) is 0 Å². The molecule has 1 aliphatic heterocycles. The summed E-state index contributed by atoms with van der Waals surface area (Å²) in [4.78, 5) is 16.4. The fourth-order valence-electron chi connectivity index (χ4n) is 2.38. The van der Waals surface area contributed by atoms with Gasteiger partial charge in [-0.15, -0.1) is 0 Å². The molecule has 19 heavy (non-hydrogen) atoms. The Morgan fingerprint density at radius 1 is 1.26 bits per heavy atom. The van der Waals surface area contributed by atoms with Crippen LogP contribution in [0, 0.1) is 0 Å². The molecule has 1 aromatic heterocycles. The molecule has 5 heteroatoms. The van der Waals surface area contributed by atoms with Gasteiger partial charge in [-0.05, 0) is 19.2 Å². The highest BCUT2D eigenvalue weighted by molar-refractivity contribution is 5.86. The molecule has 1 fully saturated rings. The molecule has 5 nitrogen and oxygen atoms in total. The number of aromatic nitrogens is 1. The van der Waals surface area contributed by atoms with Gasteiger partial charge in [-0.2, -0.15) is 0 Å². The molecule has 0 N–H and O–H groups in total. The maximum Gasteiger partial charge on any atom is 0.228 e. The molecule has 1 saturated heterocycles. The number of hydrogen-bond donors (Lipinski definition) is 0. The van der Waals surface area contributed by atoms with Gasteiger partial charge < -0.3 is 14.3 Å². The van der Waals surface area contributed by atoms with E-state index < -0.39 is 0 Å². The van der Waals surface area contributed by atoms with Crippen molar-refractivity contribution in [2.75, 3.05) is 33.2 Å². The first-order chi connectivity index (χ1) is 9.24. The number of benzene rings is 1. The summed E-state index contributed by atoms with van der Waals surface area (Å²) >= 11 is 0. The third-order valence-corrected chi connectivity index (χ3v) is 3.63. The largest absolute Gasteiger partial charge is 0.356 e. The SMILES string of the molecule is CN1CCN(C(=O)Cc2noc3ccccc23)CC1. The Hall–Kier alpha value is -1.88. The average Bonchev–Trinajstić information content (AvgIpc) is 2.83. The number of likely N-dealkylation sites (N-methyl/N-ethyl adjacent to an activating group) is 1. The Labute approximate surface area is 111 Å². The van der Waals surface area contributed by atoms with Gasteiger partial charge in [-0.3, -0.25) is 4.79 Å². The number of carbonyl (C=O) groups excluding carboxylic acids is 1. The minimum Gasteiger partial charge on any atom is -0.356 e. The van der Waals surface area contributed by atoms with Crippen LogP contribution in [0.15, 0.2) is 28.8 Å². The van der Waals surface area contributed by atoms with Crippen molar-refractivity contribution in [1.82, 2.24) is 15.0 Å². The van der Waals surface area contributed by atoms with Gasteiger partial charge in [0.2, 0.25) is 5.91 Å². The molecule has 0 atom stereocenters. The molecular formula is C14H17N3O2. The third-order valence-electron chi connectivity index (χ3n) is 3.63. The van der Waals surface area contributed by atoms with Crippen LogP contribution in [-0.4, -0.2) is 54.1 Å². The molecule has 0 spiro atoms. The van der Waals surface area contributed by atoms with Crippen molar-refractivity contribution in [1.29, 1.82) is 0 Å². The van der Waals surface area contributed by atoms with Crippen LogP contribution in [0.4, 0.5) is 0 Å². The lowest BCUT2D eigenvalue weighted by Crippen LogP contribution is -2.47. The molecule has 0 unspecified atom stereocenters. The molecule has 1 aliphatic rings. The van der Waals surface area contributed by atoms with Gasteiger partial charge in [0, 0.05) is 31.6 Å². The van der Waals surface area contributed by atoms with E-state index >= 15 is 0 Å². The molecular weight excluding hydrogens is 242 g/mol. The lowest BCUT2D eigenvalue weighted by molar-refractivity contribution is -0.132. The topological polar surface area (TPSA) is 49.6 Å². The summed E-state index contributed by atoms with van der Waals surface area (Å²) in [7, 11) is 2.08. The Balaban J connectivity index is 1.72. The second-order valence-electron chi connectivity index (χ2n) is 4.99.